The summed E-state index contributed by atoms with van der Waals surface area (Å²) in [4.78, 5) is 2.59. The van der Waals surface area contributed by atoms with E-state index in [1.807, 2.05) is 6.20 Å². The van der Waals surface area contributed by atoms with E-state index in [-0.39, 0.29) is 0 Å². The predicted octanol–water partition coefficient (Wildman–Crippen LogP) is 1.09. The van der Waals surface area contributed by atoms with E-state index in [9.17, 15) is 0 Å². The molecule has 1 aromatic heterocycles. The van der Waals surface area contributed by atoms with Crippen LogP contribution in [0.5, 0.6) is 0 Å². The molecule has 0 radical (unpaired) electrons. The van der Waals surface area contributed by atoms with Crippen LogP contribution in [0.3, 0.4) is 0 Å². The van der Waals surface area contributed by atoms with Gasteiger partial charge in [-0.3, -0.25) is 9.58 Å². The summed E-state index contributed by atoms with van der Waals surface area (Å²) in [5.74, 6) is 0.877. The van der Waals surface area contributed by atoms with Crippen molar-refractivity contribution < 1.29 is 0 Å². The van der Waals surface area contributed by atoms with Crippen molar-refractivity contribution in [2.45, 2.75) is 38.9 Å². The highest BCUT2D eigenvalue weighted by atomic mass is 15.3. The van der Waals surface area contributed by atoms with Crippen LogP contribution in [0.15, 0.2) is 12.3 Å². The number of nitrogens with zero attached hydrogens (tertiary/aromatic N) is 3. The molecule has 2 fully saturated rings. The highest BCUT2D eigenvalue weighted by molar-refractivity contribution is 5.01. The predicted molar refractivity (Wildman–Crippen MR) is 67.7 cm³/mol. The van der Waals surface area contributed by atoms with Gasteiger partial charge in [0.2, 0.25) is 0 Å². The number of fused-ring (bicyclic) bond motifs is 1. The van der Waals surface area contributed by atoms with Gasteiger partial charge in [-0.1, -0.05) is 0 Å². The second kappa shape index (κ2) is 4.78. The van der Waals surface area contributed by atoms with Crippen molar-refractivity contribution >= 4 is 0 Å². The van der Waals surface area contributed by atoms with E-state index in [0.29, 0.717) is 0 Å². The maximum atomic E-state index is 4.34. The highest BCUT2D eigenvalue weighted by Crippen LogP contribution is 2.25. The average molecular weight is 234 g/mol. The van der Waals surface area contributed by atoms with Crippen molar-refractivity contribution in [2.75, 3.05) is 19.6 Å². The average Bonchev–Trinajstić information content (AvgIpc) is 2.96. The van der Waals surface area contributed by atoms with Gasteiger partial charge in [-0.25, -0.2) is 0 Å². The Morgan fingerprint density at radius 2 is 2.41 bits per heavy atom. The van der Waals surface area contributed by atoms with Gasteiger partial charge >= 0.3 is 0 Å². The highest BCUT2D eigenvalue weighted by Gasteiger charge is 2.32. The summed E-state index contributed by atoms with van der Waals surface area (Å²) in [7, 11) is 0. The fourth-order valence-corrected chi connectivity index (χ4v) is 3.27. The molecule has 4 heteroatoms. The molecule has 0 spiro atoms. The molecule has 0 aliphatic carbocycles. The van der Waals surface area contributed by atoms with E-state index in [1.54, 1.807) is 0 Å². The maximum absolute atomic E-state index is 4.34. The fraction of sp³-hybridized carbons (Fsp3) is 0.769. The molecule has 17 heavy (non-hydrogen) atoms. The van der Waals surface area contributed by atoms with Crippen molar-refractivity contribution in [3.05, 3.63) is 18.0 Å². The van der Waals surface area contributed by atoms with Gasteiger partial charge in [0.05, 0.1) is 5.69 Å². The Balaban J connectivity index is 1.62. The van der Waals surface area contributed by atoms with Gasteiger partial charge in [0.15, 0.2) is 0 Å². The van der Waals surface area contributed by atoms with E-state index >= 15 is 0 Å². The summed E-state index contributed by atoms with van der Waals surface area (Å²) in [6.45, 7) is 7.90. The largest absolute Gasteiger partial charge is 0.314 e. The number of nitrogens with one attached hydrogen (secondary N) is 1. The molecule has 2 aliphatic heterocycles. The zero-order valence-electron chi connectivity index (χ0n) is 10.6. The summed E-state index contributed by atoms with van der Waals surface area (Å²) >= 11 is 0. The van der Waals surface area contributed by atoms with E-state index in [4.69, 9.17) is 0 Å². The van der Waals surface area contributed by atoms with Crippen LogP contribution in [0, 0.1) is 5.92 Å². The van der Waals surface area contributed by atoms with Crippen LogP contribution in [-0.2, 0) is 13.1 Å². The number of hydrogen-bond donors (Lipinski definition) is 1. The molecule has 2 aliphatic rings. The molecule has 1 aromatic rings. The SMILES string of the molecule is CCn1nccc1CN1CCC2NCCC2C1. The van der Waals surface area contributed by atoms with E-state index in [0.717, 1.165) is 25.0 Å². The first-order chi connectivity index (χ1) is 8.36. The number of piperidine rings is 1. The Kier molecular flexibility index (Phi) is 3.16. The maximum Gasteiger partial charge on any atom is 0.0524 e. The second-order valence-electron chi connectivity index (χ2n) is 5.27. The van der Waals surface area contributed by atoms with E-state index in [1.165, 1.54) is 38.2 Å². The van der Waals surface area contributed by atoms with E-state index < -0.39 is 0 Å². The molecular weight excluding hydrogens is 212 g/mol. The molecular formula is C13H22N4. The summed E-state index contributed by atoms with van der Waals surface area (Å²) in [6, 6.07) is 2.95. The Hall–Kier alpha value is -0.870. The van der Waals surface area contributed by atoms with Gasteiger partial charge in [-0.05, 0) is 38.3 Å². The Morgan fingerprint density at radius 3 is 3.29 bits per heavy atom. The standard InChI is InChI=1S/C13H22N4/c1-2-17-12(4-7-15-17)10-16-8-5-13-11(9-16)3-6-14-13/h4,7,11,13-14H,2-3,5-6,8-10H2,1H3. The number of aromatic nitrogens is 2. The summed E-state index contributed by atoms with van der Waals surface area (Å²) in [6.07, 6.45) is 4.59. The third-order valence-corrected chi connectivity index (χ3v) is 4.23. The van der Waals surface area contributed by atoms with Gasteiger partial charge in [0, 0.05) is 38.4 Å². The first-order valence-electron chi connectivity index (χ1n) is 6.83. The van der Waals surface area contributed by atoms with Gasteiger partial charge in [0.1, 0.15) is 0 Å². The summed E-state index contributed by atoms with van der Waals surface area (Å²) in [5, 5.41) is 7.96. The number of hydrogen-bond acceptors (Lipinski definition) is 3. The molecule has 2 unspecified atom stereocenters. The second-order valence-corrected chi connectivity index (χ2v) is 5.27. The van der Waals surface area contributed by atoms with Gasteiger partial charge in [-0.2, -0.15) is 5.10 Å². The minimum absolute atomic E-state index is 0.794. The third kappa shape index (κ3) is 2.24. The molecule has 2 atom stereocenters. The number of likely N-dealkylation sites (tertiary alicyclic amines) is 1. The van der Waals surface area contributed by atoms with Crippen LogP contribution < -0.4 is 5.32 Å². The third-order valence-electron chi connectivity index (χ3n) is 4.23. The molecule has 3 rings (SSSR count). The van der Waals surface area contributed by atoms with Crippen molar-refractivity contribution in [3.8, 4) is 0 Å². The first kappa shape index (κ1) is 11.2. The number of rotatable bonds is 3. The zero-order chi connectivity index (χ0) is 11.7. The lowest BCUT2D eigenvalue weighted by Crippen LogP contribution is -2.44. The Morgan fingerprint density at radius 1 is 1.47 bits per heavy atom. The minimum Gasteiger partial charge on any atom is -0.314 e. The normalized spacial score (nSPS) is 29.5. The van der Waals surface area contributed by atoms with Gasteiger partial charge < -0.3 is 5.32 Å². The summed E-state index contributed by atoms with van der Waals surface area (Å²) < 4.78 is 2.11. The monoisotopic (exact) mass is 234 g/mol. The van der Waals surface area contributed by atoms with Crippen molar-refractivity contribution in [2.24, 2.45) is 5.92 Å². The molecule has 94 valence electrons. The molecule has 0 bridgehead atoms. The summed E-state index contributed by atoms with van der Waals surface area (Å²) in [5.41, 5.74) is 1.36. The van der Waals surface area contributed by atoms with Crippen molar-refractivity contribution in [1.29, 1.82) is 0 Å². The van der Waals surface area contributed by atoms with Crippen LogP contribution >= 0.6 is 0 Å². The molecule has 0 amide bonds. The van der Waals surface area contributed by atoms with Crippen molar-refractivity contribution in [3.63, 3.8) is 0 Å². The molecule has 3 heterocycles. The molecule has 0 saturated carbocycles. The van der Waals surface area contributed by atoms with Gasteiger partial charge in [-0.15, -0.1) is 0 Å². The lowest BCUT2D eigenvalue weighted by atomic mass is 9.93. The number of aryl methyl sites for hydroxylation is 1. The Labute approximate surface area is 103 Å². The Bertz CT molecular complexity index is 373. The molecule has 2 saturated heterocycles. The van der Waals surface area contributed by atoms with Crippen LogP contribution in [0.1, 0.15) is 25.5 Å². The van der Waals surface area contributed by atoms with Crippen LogP contribution in [0.4, 0.5) is 0 Å². The minimum atomic E-state index is 0.794. The first-order valence-corrected chi connectivity index (χ1v) is 6.83. The smallest absolute Gasteiger partial charge is 0.0524 e. The molecule has 4 nitrogen and oxygen atoms in total. The van der Waals surface area contributed by atoms with Crippen LogP contribution in [0.2, 0.25) is 0 Å². The van der Waals surface area contributed by atoms with Crippen LogP contribution in [0.25, 0.3) is 0 Å². The van der Waals surface area contributed by atoms with E-state index in [2.05, 4.69) is 33.0 Å². The van der Waals surface area contributed by atoms with Crippen LogP contribution in [-0.4, -0.2) is 40.4 Å². The quantitative estimate of drug-likeness (QED) is 0.850. The lowest BCUT2D eigenvalue weighted by molar-refractivity contribution is 0.152. The van der Waals surface area contributed by atoms with Crippen molar-refractivity contribution in [1.82, 2.24) is 20.0 Å². The van der Waals surface area contributed by atoms with Gasteiger partial charge in [0.25, 0.3) is 0 Å². The fourth-order valence-electron chi connectivity index (χ4n) is 3.27. The lowest BCUT2D eigenvalue weighted by Gasteiger charge is -2.34. The zero-order valence-corrected chi connectivity index (χ0v) is 10.6. The molecule has 1 N–H and O–H groups in total. The molecule has 0 aromatic carbocycles. The topological polar surface area (TPSA) is 33.1 Å².